The maximum Gasteiger partial charge on any atom is 0.111 e. The molecule has 0 saturated heterocycles. The minimum atomic E-state index is 0.518. The lowest BCUT2D eigenvalue weighted by molar-refractivity contribution is 0.573. The SMILES string of the molecule is CC.CC.CNCCCn1ccnc1C(C)C. The zero-order chi connectivity index (χ0) is 13.7. The van der Waals surface area contributed by atoms with Crippen LogP contribution in [0.1, 0.15) is 59.7 Å². The van der Waals surface area contributed by atoms with Crippen molar-refractivity contribution < 1.29 is 0 Å². The Labute approximate surface area is 108 Å². The van der Waals surface area contributed by atoms with Gasteiger partial charge in [0.05, 0.1) is 0 Å². The van der Waals surface area contributed by atoms with Gasteiger partial charge in [0.15, 0.2) is 0 Å². The highest BCUT2D eigenvalue weighted by atomic mass is 15.1. The molecular weight excluding hydrogens is 210 g/mol. The molecule has 0 aliphatic heterocycles. The zero-order valence-corrected chi connectivity index (χ0v) is 12.7. The normalized spacial score (nSPS) is 9.18. The summed E-state index contributed by atoms with van der Waals surface area (Å²) in [5.41, 5.74) is 0. The van der Waals surface area contributed by atoms with E-state index in [1.165, 1.54) is 5.82 Å². The highest BCUT2D eigenvalue weighted by molar-refractivity contribution is 4.97. The van der Waals surface area contributed by atoms with E-state index in [0.717, 1.165) is 19.5 Å². The van der Waals surface area contributed by atoms with Crippen LogP contribution in [-0.4, -0.2) is 23.1 Å². The molecule has 0 atom stereocenters. The predicted molar refractivity (Wildman–Crippen MR) is 77.6 cm³/mol. The summed E-state index contributed by atoms with van der Waals surface area (Å²) in [5, 5.41) is 3.15. The summed E-state index contributed by atoms with van der Waals surface area (Å²) in [6.07, 6.45) is 5.10. The molecule has 102 valence electrons. The van der Waals surface area contributed by atoms with E-state index in [-0.39, 0.29) is 0 Å². The molecule has 0 radical (unpaired) electrons. The van der Waals surface area contributed by atoms with Crippen molar-refractivity contribution in [3.63, 3.8) is 0 Å². The summed E-state index contributed by atoms with van der Waals surface area (Å²) in [6.45, 7) is 14.5. The molecule has 3 heteroatoms. The molecule has 0 unspecified atom stereocenters. The van der Waals surface area contributed by atoms with Crippen molar-refractivity contribution in [1.29, 1.82) is 0 Å². The van der Waals surface area contributed by atoms with Gasteiger partial charge in [0.2, 0.25) is 0 Å². The third kappa shape index (κ3) is 7.97. The Bertz CT molecular complexity index is 241. The summed E-state index contributed by atoms with van der Waals surface area (Å²) in [7, 11) is 1.98. The van der Waals surface area contributed by atoms with E-state index in [1.54, 1.807) is 0 Å². The van der Waals surface area contributed by atoms with E-state index in [9.17, 15) is 0 Å². The first-order valence-corrected chi connectivity index (χ1v) is 6.91. The molecule has 0 saturated carbocycles. The lowest BCUT2D eigenvalue weighted by Gasteiger charge is -2.09. The molecule has 17 heavy (non-hydrogen) atoms. The number of nitrogens with one attached hydrogen (secondary N) is 1. The maximum absolute atomic E-state index is 4.34. The monoisotopic (exact) mass is 241 g/mol. The molecule has 1 heterocycles. The smallest absolute Gasteiger partial charge is 0.111 e. The molecule has 0 aliphatic carbocycles. The number of rotatable bonds is 5. The predicted octanol–water partition coefficient (Wildman–Crippen LogP) is 3.67. The Hall–Kier alpha value is -0.830. The van der Waals surface area contributed by atoms with Gasteiger partial charge in [-0.15, -0.1) is 0 Å². The van der Waals surface area contributed by atoms with Crippen LogP contribution >= 0.6 is 0 Å². The van der Waals surface area contributed by atoms with Crippen LogP contribution < -0.4 is 5.32 Å². The molecule has 0 bridgehead atoms. The van der Waals surface area contributed by atoms with E-state index in [2.05, 4.69) is 34.9 Å². The van der Waals surface area contributed by atoms with E-state index < -0.39 is 0 Å². The van der Waals surface area contributed by atoms with Gasteiger partial charge in [0.1, 0.15) is 5.82 Å². The largest absolute Gasteiger partial charge is 0.335 e. The van der Waals surface area contributed by atoms with Crippen LogP contribution in [0, 0.1) is 0 Å². The van der Waals surface area contributed by atoms with Crippen LogP contribution in [0.25, 0.3) is 0 Å². The third-order valence-electron chi connectivity index (χ3n) is 2.09. The number of aromatic nitrogens is 2. The lowest BCUT2D eigenvalue weighted by Crippen LogP contribution is -2.12. The molecule has 0 aromatic carbocycles. The van der Waals surface area contributed by atoms with Gasteiger partial charge in [-0.2, -0.15) is 0 Å². The minimum Gasteiger partial charge on any atom is -0.335 e. The number of aryl methyl sites for hydroxylation is 1. The van der Waals surface area contributed by atoms with Gasteiger partial charge in [-0.1, -0.05) is 41.5 Å². The van der Waals surface area contributed by atoms with Gasteiger partial charge in [-0.25, -0.2) is 4.98 Å². The Morgan fingerprint density at radius 2 is 1.82 bits per heavy atom. The minimum absolute atomic E-state index is 0.518. The van der Waals surface area contributed by atoms with Crippen LogP contribution in [0.3, 0.4) is 0 Å². The standard InChI is InChI=1S/C10H19N3.2C2H6/c1-9(2)10-12-6-8-13(10)7-4-5-11-3;2*1-2/h6,8-9,11H,4-5,7H2,1-3H3;2*1-2H3. The van der Waals surface area contributed by atoms with Crippen molar-refractivity contribution in [3.05, 3.63) is 18.2 Å². The maximum atomic E-state index is 4.34. The van der Waals surface area contributed by atoms with E-state index in [0.29, 0.717) is 5.92 Å². The highest BCUT2D eigenvalue weighted by Crippen LogP contribution is 2.11. The Kier molecular flexibility index (Phi) is 14.4. The Morgan fingerprint density at radius 3 is 2.29 bits per heavy atom. The van der Waals surface area contributed by atoms with E-state index in [1.807, 2.05) is 40.9 Å². The molecule has 0 aliphatic rings. The first kappa shape index (κ1) is 18.5. The van der Waals surface area contributed by atoms with Crippen LogP contribution in [0.5, 0.6) is 0 Å². The molecule has 0 fully saturated rings. The van der Waals surface area contributed by atoms with Crippen molar-refractivity contribution in [2.45, 2.75) is 60.4 Å². The van der Waals surface area contributed by atoms with Gasteiger partial charge in [-0.3, -0.25) is 0 Å². The average Bonchev–Trinajstić information content (AvgIpc) is 2.83. The molecule has 0 spiro atoms. The van der Waals surface area contributed by atoms with Gasteiger partial charge >= 0.3 is 0 Å². The highest BCUT2D eigenvalue weighted by Gasteiger charge is 2.05. The third-order valence-corrected chi connectivity index (χ3v) is 2.09. The summed E-state index contributed by atoms with van der Waals surface area (Å²) in [5.74, 6) is 1.71. The second kappa shape index (κ2) is 13.2. The Balaban J connectivity index is 0. The van der Waals surface area contributed by atoms with Crippen LogP contribution in [-0.2, 0) is 6.54 Å². The molecule has 1 rings (SSSR count). The fraction of sp³-hybridized carbons (Fsp3) is 0.786. The van der Waals surface area contributed by atoms with Crippen LogP contribution in [0.4, 0.5) is 0 Å². The molecule has 3 nitrogen and oxygen atoms in total. The van der Waals surface area contributed by atoms with E-state index >= 15 is 0 Å². The first-order chi connectivity index (χ1) is 8.25. The fourth-order valence-electron chi connectivity index (χ4n) is 1.44. The van der Waals surface area contributed by atoms with Crippen molar-refractivity contribution >= 4 is 0 Å². The number of hydrogen-bond acceptors (Lipinski definition) is 2. The molecule has 1 aromatic heterocycles. The number of hydrogen-bond donors (Lipinski definition) is 1. The second-order valence-corrected chi connectivity index (χ2v) is 3.59. The second-order valence-electron chi connectivity index (χ2n) is 3.59. The number of nitrogens with zero attached hydrogens (tertiary/aromatic N) is 2. The van der Waals surface area contributed by atoms with Gasteiger partial charge < -0.3 is 9.88 Å². The van der Waals surface area contributed by atoms with Gasteiger partial charge in [0.25, 0.3) is 0 Å². The summed E-state index contributed by atoms with van der Waals surface area (Å²) in [6, 6.07) is 0. The molecule has 0 amide bonds. The van der Waals surface area contributed by atoms with Crippen molar-refractivity contribution in [3.8, 4) is 0 Å². The van der Waals surface area contributed by atoms with Crippen molar-refractivity contribution in [2.24, 2.45) is 0 Å². The van der Waals surface area contributed by atoms with E-state index in [4.69, 9.17) is 0 Å². The average molecular weight is 241 g/mol. The molecule has 1 N–H and O–H groups in total. The van der Waals surface area contributed by atoms with Crippen LogP contribution in [0.15, 0.2) is 12.4 Å². The topological polar surface area (TPSA) is 29.9 Å². The number of imidazole rings is 1. The quantitative estimate of drug-likeness (QED) is 0.797. The van der Waals surface area contributed by atoms with Crippen molar-refractivity contribution in [1.82, 2.24) is 14.9 Å². The first-order valence-electron chi connectivity index (χ1n) is 6.91. The molecule has 1 aromatic rings. The molecular formula is C14H31N3. The summed E-state index contributed by atoms with van der Waals surface area (Å²) in [4.78, 5) is 4.34. The van der Waals surface area contributed by atoms with Crippen LogP contribution in [0.2, 0.25) is 0 Å². The lowest BCUT2D eigenvalue weighted by atomic mass is 10.2. The van der Waals surface area contributed by atoms with Gasteiger partial charge in [0, 0.05) is 24.9 Å². The summed E-state index contributed by atoms with van der Waals surface area (Å²) < 4.78 is 2.24. The Morgan fingerprint density at radius 1 is 1.24 bits per heavy atom. The summed E-state index contributed by atoms with van der Waals surface area (Å²) >= 11 is 0. The van der Waals surface area contributed by atoms with Crippen molar-refractivity contribution in [2.75, 3.05) is 13.6 Å². The van der Waals surface area contributed by atoms with Gasteiger partial charge in [-0.05, 0) is 20.0 Å². The zero-order valence-electron chi connectivity index (χ0n) is 12.7. The fourth-order valence-corrected chi connectivity index (χ4v) is 1.44.